The third-order valence-electron chi connectivity index (χ3n) is 4.29. The second-order valence-electron chi connectivity index (χ2n) is 6.08. The summed E-state index contributed by atoms with van der Waals surface area (Å²) in [5.74, 6) is -0.333. The summed E-state index contributed by atoms with van der Waals surface area (Å²) in [5.41, 5.74) is 1.72. The van der Waals surface area contributed by atoms with Crippen molar-refractivity contribution in [1.82, 2.24) is 0 Å². The first-order valence-electron chi connectivity index (χ1n) is 8.23. The van der Waals surface area contributed by atoms with Crippen LogP contribution in [0.3, 0.4) is 0 Å². The highest BCUT2D eigenvalue weighted by atomic mass is 19.4. The molecule has 0 aromatic heterocycles. The van der Waals surface area contributed by atoms with Gasteiger partial charge in [-0.3, -0.25) is 10.1 Å². The fourth-order valence-corrected chi connectivity index (χ4v) is 3.10. The van der Waals surface area contributed by atoms with E-state index in [4.69, 9.17) is 0 Å². The summed E-state index contributed by atoms with van der Waals surface area (Å²) >= 11 is 0. The van der Waals surface area contributed by atoms with Crippen molar-refractivity contribution in [1.29, 1.82) is 0 Å². The molecule has 1 heterocycles. The van der Waals surface area contributed by atoms with E-state index in [0.717, 1.165) is 32.4 Å². The van der Waals surface area contributed by atoms with Crippen molar-refractivity contribution >= 4 is 11.4 Å². The second kappa shape index (κ2) is 7.23. The van der Waals surface area contributed by atoms with E-state index in [1.165, 1.54) is 30.3 Å². The molecule has 0 atom stereocenters. The molecule has 0 radical (unpaired) electrons. The second-order valence-corrected chi connectivity index (χ2v) is 6.08. The van der Waals surface area contributed by atoms with Gasteiger partial charge < -0.3 is 9.64 Å². The molecule has 1 aliphatic rings. The van der Waals surface area contributed by atoms with Crippen molar-refractivity contribution in [3.8, 4) is 16.9 Å². The Kier molecular flexibility index (Phi) is 5.01. The third kappa shape index (κ3) is 4.25. The molecule has 0 unspecified atom stereocenters. The van der Waals surface area contributed by atoms with Crippen molar-refractivity contribution in [2.75, 3.05) is 18.0 Å². The number of hydrogen-bond acceptors (Lipinski definition) is 4. The van der Waals surface area contributed by atoms with E-state index in [1.54, 1.807) is 12.1 Å². The lowest BCUT2D eigenvalue weighted by molar-refractivity contribution is -0.384. The molecule has 0 aliphatic carbocycles. The van der Waals surface area contributed by atoms with Crippen LogP contribution in [0, 0.1) is 10.1 Å². The minimum atomic E-state index is -4.75. The lowest BCUT2D eigenvalue weighted by Gasteiger charge is -2.28. The molecule has 138 valence electrons. The van der Waals surface area contributed by atoms with E-state index >= 15 is 0 Å². The Labute approximate surface area is 148 Å². The summed E-state index contributed by atoms with van der Waals surface area (Å²) < 4.78 is 40.5. The molecule has 0 spiro atoms. The summed E-state index contributed by atoms with van der Waals surface area (Å²) in [6.45, 7) is 1.56. The Morgan fingerprint density at radius 3 is 2.15 bits per heavy atom. The van der Waals surface area contributed by atoms with Gasteiger partial charge in [0.15, 0.2) is 0 Å². The Hall–Kier alpha value is -2.77. The summed E-state index contributed by atoms with van der Waals surface area (Å²) in [4.78, 5) is 13.1. The zero-order valence-electron chi connectivity index (χ0n) is 13.8. The summed E-state index contributed by atoms with van der Waals surface area (Å²) in [6.07, 6.45) is -1.63. The fraction of sp³-hybridized carbons (Fsp3) is 0.333. The molecule has 1 fully saturated rings. The number of rotatable bonds is 4. The van der Waals surface area contributed by atoms with Gasteiger partial charge in [-0.15, -0.1) is 13.2 Å². The molecule has 2 aromatic rings. The summed E-state index contributed by atoms with van der Waals surface area (Å²) in [6, 6.07) is 10.2. The van der Waals surface area contributed by atoms with Gasteiger partial charge in [0.05, 0.1) is 4.92 Å². The van der Waals surface area contributed by atoms with Crippen LogP contribution in [-0.2, 0) is 0 Å². The zero-order valence-corrected chi connectivity index (χ0v) is 13.8. The fourth-order valence-electron chi connectivity index (χ4n) is 3.10. The molecule has 26 heavy (non-hydrogen) atoms. The van der Waals surface area contributed by atoms with Crippen LogP contribution in [0.2, 0.25) is 0 Å². The van der Waals surface area contributed by atoms with Gasteiger partial charge in [0.25, 0.3) is 5.69 Å². The first-order valence-corrected chi connectivity index (χ1v) is 8.23. The molecule has 1 saturated heterocycles. The number of piperidine rings is 1. The van der Waals surface area contributed by atoms with Crippen LogP contribution in [0.4, 0.5) is 24.5 Å². The van der Waals surface area contributed by atoms with Crippen LogP contribution >= 0.6 is 0 Å². The maximum Gasteiger partial charge on any atom is 0.573 e. The number of halogens is 3. The molecular weight excluding hydrogens is 349 g/mol. The highest BCUT2D eigenvalue weighted by Gasteiger charge is 2.31. The van der Waals surface area contributed by atoms with Gasteiger partial charge in [-0.1, -0.05) is 18.2 Å². The van der Waals surface area contributed by atoms with Crippen LogP contribution in [-0.4, -0.2) is 24.4 Å². The van der Waals surface area contributed by atoms with Gasteiger partial charge in [-0.05, 0) is 48.6 Å². The molecule has 1 aliphatic heterocycles. The monoisotopic (exact) mass is 366 g/mol. The van der Waals surface area contributed by atoms with Crippen molar-refractivity contribution < 1.29 is 22.8 Å². The number of nitrogens with zero attached hydrogens (tertiary/aromatic N) is 2. The first-order chi connectivity index (χ1) is 12.3. The van der Waals surface area contributed by atoms with Crippen molar-refractivity contribution in [2.45, 2.75) is 25.6 Å². The van der Waals surface area contributed by atoms with E-state index in [2.05, 4.69) is 4.74 Å². The lowest BCUT2D eigenvalue weighted by Crippen LogP contribution is -2.29. The number of alkyl halides is 3. The number of anilines is 1. The van der Waals surface area contributed by atoms with Crippen LogP contribution in [0.25, 0.3) is 11.1 Å². The van der Waals surface area contributed by atoms with Crippen LogP contribution in [0.1, 0.15) is 19.3 Å². The summed E-state index contributed by atoms with van der Waals surface area (Å²) in [7, 11) is 0. The van der Waals surface area contributed by atoms with E-state index in [-0.39, 0.29) is 11.4 Å². The number of ether oxygens (including phenoxy) is 1. The van der Waals surface area contributed by atoms with E-state index < -0.39 is 11.3 Å². The van der Waals surface area contributed by atoms with Gasteiger partial charge in [0.1, 0.15) is 11.4 Å². The molecule has 8 heteroatoms. The van der Waals surface area contributed by atoms with Crippen molar-refractivity contribution in [3.05, 3.63) is 52.6 Å². The molecule has 0 bridgehead atoms. The Morgan fingerprint density at radius 2 is 1.58 bits per heavy atom. The number of nitro benzene ring substituents is 1. The minimum absolute atomic E-state index is 0.0000167. The topological polar surface area (TPSA) is 55.6 Å². The van der Waals surface area contributed by atoms with Crippen molar-refractivity contribution in [3.63, 3.8) is 0 Å². The first kappa shape index (κ1) is 18.0. The Bertz CT molecular complexity index is 785. The maximum absolute atomic E-state index is 12.2. The quantitative estimate of drug-likeness (QED) is 0.555. The Balaban J connectivity index is 1.88. The van der Waals surface area contributed by atoms with Crippen LogP contribution in [0.5, 0.6) is 5.75 Å². The predicted molar refractivity (Wildman–Crippen MR) is 91.3 cm³/mol. The highest BCUT2D eigenvalue weighted by Crippen LogP contribution is 2.35. The smallest absolute Gasteiger partial charge is 0.406 e. The summed E-state index contributed by atoms with van der Waals surface area (Å²) in [5, 5.41) is 11.5. The lowest BCUT2D eigenvalue weighted by atomic mass is 10.0. The normalized spacial score (nSPS) is 15.0. The zero-order chi connectivity index (χ0) is 18.7. The van der Waals surface area contributed by atoms with Gasteiger partial charge in [-0.2, -0.15) is 0 Å². The minimum Gasteiger partial charge on any atom is -0.406 e. The molecule has 5 nitrogen and oxygen atoms in total. The maximum atomic E-state index is 12.2. The standard InChI is InChI=1S/C18H17F3N2O3/c19-18(20,21)26-15-7-4-13(5-8-15)14-6-9-16(17(12-14)23(24)25)22-10-2-1-3-11-22/h4-9,12H,1-3,10-11H2. The SMILES string of the molecule is O=[N+]([O-])c1cc(-c2ccc(OC(F)(F)F)cc2)ccc1N1CCCCC1. The van der Waals surface area contributed by atoms with Gasteiger partial charge in [0.2, 0.25) is 0 Å². The Morgan fingerprint density at radius 1 is 0.962 bits per heavy atom. The molecule has 3 rings (SSSR count). The third-order valence-corrected chi connectivity index (χ3v) is 4.29. The molecular formula is C18H17F3N2O3. The van der Waals surface area contributed by atoms with E-state index in [9.17, 15) is 23.3 Å². The number of benzene rings is 2. The van der Waals surface area contributed by atoms with Crippen molar-refractivity contribution in [2.24, 2.45) is 0 Å². The molecule has 0 N–H and O–H groups in total. The predicted octanol–water partition coefficient (Wildman–Crippen LogP) is 5.15. The largest absolute Gasteiger partial charge is 0.573 e. The van der Waals surface area contributed by atoms with Gasteiger partial charge in [0, 0.05) is 19.2 Å². The molecule has 0 saturated carbocycles. The molecule has 2 aromatic carbocycles. The average molecular weight is 366 g/mol. The highest BCUT2D eigenvalue weighted by molar-refractivity contribution is 5.74. The van der Waals surface area contributed by atoms with Gasteiger partial charge in [-0.25, -0.2) is 0 Å². The van der Waals surface area contributed by atoms with Gasteiger partial charge >= 0.3 is 6.36 Å². The van der Waals surface area contributed by atoms with Crippen LogP contribution < -0.4 is 9.64 Å². The average Bonchev–Trinajstić information content (AvgIpc) is 2.61. The molecule has 0 amide bonds. The van der Waals surface area contributed by atoms with E-state index in [1.807, 2.05) is 4.90 Å². The number of nitro groups is 1. The number of hydrogen-bond donors (Lipinski definition) is 0. The van der Waals surface area contributed by atoms with E-state index in [0.29, 0.717) is 16.8 Å². The van der Waals surface area contributed by atoms with Crippen LogP contribution in [0.15, 0.2) is 42.5 Å².